The number of aromatic nitrogens is 2. The van der Waals surface area contributed by atoms with Crippen LogP contribution in [0.3, 0.4) is 0 Å². The van der Waals surface area contributed by atoms with Crippen molar-refractivity contribution >= 4 is 34.9 Å². The number of nitrogens with zero attached hydrogens (tertiary/aromatic N) is 4. The van der Waals surface area contributed by atoms with E-state index < -0.39 is 17.1 Å². The van der Waals surface area contributed by atoms with Gasteiger partial charge in [-0.25, -0.2) is 4.79 Å². The van der Waals surface area contributed by atoms with E-state index in [1.807, 2.05) is 64.4 Å². The van der Waals surface area contributed by atoms with Crippen LogP contribution in [-0.4, -0.2) is 81.5 Å². The molecule has 4 rings (SSSR count). The van der Waals surface area contributed by atoms with Crippen LogP contribution < -0.4 is 5.73 Å². The number of ether oxygens (including phenoxy) is 2. The van der Waals surface area contributed by atoms with Crippen LogP contribution >= 0.6 is 0 Å². The Hall–Kier alpha value is -3.40. The van der Waals surface area contributed by atoms with Gasteiger partial charge in [-0.2, -0.15) is 5.10 Å². The lowest BCUT2D eigenvalue weighted by atomic mass is 9.95. The summed E-state index contributed by atoms with van der Waals surface area (Å²) >= 11 is 0. The van der Waals surface area contributed by atoms with Gasteiger partial charge >= 0.3 is 12.1 Å². The minimum Gasteiger partial charge on any atom is -0.459 e. The highest BCUT2D eigenvalue weighted by atomic mass is 16.6. The monoisotopic (exact) mass is 567 g/mol. The summed E-state index contributed by atoms with van der Waals surface area (Å²) in [5.74, 6) is -0.411. The van der Waals surface area contributed by atoms with E-state index in [0.29, 0.717) is 19.0 Å². The molecule has 0 bridgehead atoms. The number of nitrogens with two attached hydrogens (primary N) is 1. The first-order chi connectivity index (χ1) is 19.2. The van der Waals surface area contributed by atoms with Gasteiger partial charge in [0.2, 0.25) is 0 Å². The fourth-order valence-corrected chi connectivity index (χ4v) is 5.45. The molecule has 2 aliphatic heterocycles. The van der Waals surface area contributed by atoms with E-state index in [4.69, 9.17) is 15.2 Å². The summed E-state index contributed by atoms with van der Waals surface area (Å²) in [4.78, 5) is 40.8. The van der Waals surface area contributed by atoms with E-state index in [-0.39, 0.29) is 30.3 Å². The van der Waals surface area contributed by atoms with E-state index in [9.17, 15) is 14.4 Å². The molecular formula is C31H45N5O5. The van der Waals surface area contributed by atoms with Gasteiger partial charge in [0, 0.05) is 31.6 Å². The molecule has 2 amide bonds. The third kappa shape index (κ3) is 8.31. The Balaban J connectivity index is 1.39. The molecule has 1 aromatic heterocycles. The average Bonchev–Trinajstić information content (AvgIpc) is 3.25. The Morgan fingerprint density at radius 1 is 0.951 bits per heavy atom. The molecular weight excluding hydrogens is 522 g/mol. The number of hydrogen-bond acceptors (Lipinski definition) is 7. The van der Waals surface area contributed by atoms with Gasteiger partial charge < -0.3 is 20.1 Å². The molecule has 2 saturated heterocycles. The summed E-state index contributed by atoms with van der Waals surface area (Å²) < 4.78 is 12.9. The molecule has 2 aliphatic rings. The standard InChI is InChI=1S/C31H45N5O5/c1-30(2,3)40-26(37)20-34-15-13-23(14-16-34)36-25-10-9-22(19-24(25)27(33-36)28(32)38)8-7-21-11-17-35(18-12-21)29(39)41-31(4,5)6/h7-10,19,21,23H,11-18,20H2,1-6H3,(H2,32,38). The number of primary amides is 1. The molecule has 0 aliphatic carbocycles. The molecule has 0 radical (unpaired) electrons. The van der Waals surface area contributed by atoms with Gasteiger partial charge in [-0.05, 0) is 90.8 Å². The lowest BCUT2D eigenvalue weighted by Crippen LogP contribution is -2.41. The lowest BCUT2D eigenvalue weighted by molar-refractivity contribution is -0.156. The van der Waals surface area contributed by atoms with Crippen molar-refractivity contribution in [2.24, 2.45) is 11.7 Å². The van der Waals surface area contributed by atoms with Crippen molar-refractivity contribution < 1.29 is 23.9 Å². The Morgan fingerprint density at radius 2 is 1.59 bits per heavy atom. The largest absolute Gasteiger partial charge is 0.459 e. The van der Waals surface area contributed by atoms with Gasteiger partial charge in [-0.3, -0.25) is 19.2 Å². The van der Waals surface area contributed by atoms with Gasteiger partial charge in [0.25, 0.3) is 5.91 Å². The van der Waals surface area contributed by atoms with Crippen molar-refractivity contribution in [2.75, 3.05) is 32.7 Å². The van der Waals surface area contributed by atoms with Crippen LogP contribution in [0.15, 0.2) is 24.3 Å². The molecule has 3 heterocycles. The molecule has 0 unspecified atom stereocenters. The van der Waals surface area contributed by atoms with Gasteiger partial charge in [0.15, 0.2) is 5.69 Å². The highest BCUT2D eigenvalue weighted by Gasteiger charge is 2.28. The second-order valence-electron chi connectivity index (χ2n) is 13.2. The maximum absolute atomic E-state index is 12.4. The third-order valence-electron chi connectivity index (χ3n) is 7.39. The highest BCUT2D eigenvalue weighted by molar-refractivity contribution is 6.04. The number of esters is 1. The number of piperidine rings is 2. The van der Waals surface area contributed by atoms with Crippen LogP contribution in [0.2, 0.25) is 0 Å². The predicted octanol–water partition coefficient (Wildman–Crippen LogP) is 4.77. The Kier molecular flexibility index (Phi) is 9.11. The summed E-state index contributed by atoms with van der Waals surface area (Å²) in [7, 11) is 0. The summed E-state index contributed by atoms with van der Waals surface area (Å²) in [6.45, 7) is 14.3. The molecule has 0 atom stereocenters. The minimum absolute atomic E-state index is 0.108. The minimum atomic E-state index is -0.549. The van der Waals surface area contributed by atoms with E-state index in [0.717, 1.165) is 55.2 Å². The quantitative estimate of drug-likeness (QED) is 0.499. The molecule has 41 heavy (non-hydrogen) atoms. The number of allylic oxidation sites excluding steroid dienone is 1. The Labute approximate surface area is 242 Å². The summed E-state index contributed by atoms with van der Waals surface area (Å²) in [5.41, 5.74) is 6.87. The van der Waals surface area contributed by atoms with Crippen LogP contribution in [0, 0.1) is 5.92 Å². The van der Waals surface area contributed by atoms with Crippen LogP contribution in [0.5, 0.6) is 0 Å². The zero-order valence-electron chi connectivity index (χ0n) is 25.3. The summed E-state index contributed by atoms with van der Waals surface area (Å²) in [6, 6.07) is 6.13. The fourth-order valence-electron chi connectivity index (χ4n) is 5.45. The molecule has 2 fully saturated rings. The normalized spacial score (nSPS) is 18.2. The number of benzene rings is 1. The lowest BCUT2D eigenvalue weighted by Gasteiger charge is -2.32. The zero-order chi connectivity index (χ0) is 29.9. The molecule has 2 aromatic rings. The first-order valence-corrected chi connectivity index (χ1v) is 14.6. The Bertz CT molecular complexity index is 1290. The first kappa shape index (κ1) is 30.6. The number of amides is 2. The van der Waals surface area contributed by atoms with Gasteiger partial charge in [-0.1, -0.05) is 18.2 Å². The van der Waals surface area contributed by atoms with Crippen molar-refractivity contribution in [1.82, 2.24) is 19.6 Å². The van der Waals surface area contributed by atoms with Crippen molar-refractivity contribution in [1.29, 1.82) is 0 Å². The molecule has 1 aromatic carbocycles. The molecule has 10 nitrogen and oxygen atoms in total. The van der Waals surface area contributed by atoms with Gasteiger partial charge in [-0.15, -0.1) is 0 Å². The van der Waals surface area contributed by atoms with Crippen molar-refractivity contribution in [3.8, 4) is 0 Å². The van der Waals surface area contributed by atoms with E-state index in [1.54, 1.807) is 4.90 Å². The highest BCUT2D eigenvalue weighted by Crippen LogP contribution is 2.30. The number of likely N-dealkylation sites (tertiary alicyclic amines) is 2. The summed E-state index contributed by atoms with van der Waals surface area (Å²) in [5, 5.41) is 5.39. The molecule has 10 heteroatoms. The van der Waals surface area contributed by atoms with Gasteiger partial charge in [0.1, 0.15) is 11.2 Å². The average molecular weight is 568 g/mol. The topological polar surface area (TPSA) is 120 Å². The van der Waals surface area contributed by atoms with Gasteiger partial charge in [0.05, 0.1) is 18.1 Å². The zero-order valence-corrected chi connectivity index (χ0v) is 25.3. The SMILES string of the molecule is CC(C)(C)OC(=O)CN1CCC(n2nc(C(N)=O)c3cc(C=CC4CCN(C(=O)OC(C)(C)C)CC4)ccc32)CC1. The molecule has 224 valence electrons. The molecule has 0 saturated carbocycles. The second kappa shape index (κ2) is 12.2. The maximum atomic E-state index is 12.4. The third-order valence-corrected chi connectivity index (χ3v) is 7.39. The van der Waals surface area contributed by atoms with Crippen LogP contribution in [0.1, 0.15) is 89.3 Å². The van der Waals surface area contributed by atoms with Crippen LogP contribution in [0.25, 0.3) is 17.0 Å². The molecule has 0 spiro atoms. The fraction of sp³-hybridized carbons (Fsp3) is 0.613. The van der Waals surface area contributed by atoms with E-state index >= 15 is 0 Å². The first-order valence-electron chi connectivity index (χ1n) is 14.6. The smallest absolute Gasteiger partial charge is 0.410 e. The van der Waals surface area contributed by atoms with Crippen molar-refractivity contribution in [3.63, 3.8) is 0 Å². The van der Waals surface area contributed by atoms with Crippen molar-refractivity contribution in [2.45, 2.75) is 84.5 Å². The number of carbonyl (C=O) groups excluding carboxylic acids is 3. The summed E-state index contributed by atoms with van der Waals surface area (Å²) in [6.07, 6.45) is 7.36. The van der Waals surface area contributed by atoms with Crippen LogP contribution in [-0.2, 0) is 14.3 Å². The molecule has 2 N–H and O–H groups in total. The van der Waals surface area contributed by atoms with E-state index in [2.05, 4.69) is 22.2 Å². The number of hydrogen-bond donors (Lipinski definition) is 1. The van der Waals surface area contributed by atoms with Crippen LogP contribution in [0.4, 0.5) is 4.79 Å². The van der Waals surface area contributed by atoms with Crippen molar-refractivity contribution in [3.05, 3.63) is 35.5 Å². The maximum Gasteiger partial charge on any atom is 0.410 e. The number of fused-ring (bicyclic) bond motifs is 1. The predicted molar refractivity (Wildman–Crippen MR) is 158 cm³/mol. The second-order valence-corrected chi connectivity index (χ2v) is 13.2. The Morgan fingerprint density at radius 3 is 2.17 bits per heavy atom. The van der Waals surface area contributed by atoms with E-state index in [1.165, 1.54) is 0 Å². The number of rotatable bonds is 6. The number of carbonyl (C=O) groups is 3.